The number of aliphatic hydroxyl groups excluding tert-OH is 1. The molecule has 1 unspecified atom stereocenters. The Hall–Kier alpha value is -0.530. The average Bonchev–Trinajstić information content (AvgIpc) is 2.14. The van der Waals surface area contributed by atoms with E-state index in [0.29, 0.717) is 5.88 Å². The van der Waals surface area contributed by atoms with Crippen molar-refractivity contribution in [2.45, 2.75) is 39.7 Å². The third-order valence-corrected chi connectivity index (χ3v) is 3.25. The highest BCUT2D eigenvalue weighted by Gasteiger charge is 2.11. The van der Waals surface area contributed by atoms with Gasteiger partial charge in [-0.3, -0.25) is 0 Å². The first-order valence-corrected chi connectivity index (χ1v) is 5.36. The summed E-state index contributed by atoms with van der Waals surface area (Å²) in [6.07, 6.45) is -0.420. The van der Waals surface area contributed by atoms with Gasteiger partial charge in [0.2, 0.25) is 0 Å². The molecule has 0 saturated heterocycles. The van der Waals surface area contributed by atoms with Crippen molar-refractivity contribution in [1.29, 1.82) is 0 Å². The summed E-state index contributed by atoms with van der Waals surface area (Å²) in [5, 5.41) is 9.60. The van der Waals surface area contributed by atoms with E-state index in [2.05, 4.69) is 13.8 Å². The molecule has 14 heavy (non-hydrogen) atoms. The van der Waals surface area contributed by atoms with Crippen molar-refractivity contribution in [3.63, 3.8) is 0 Å². The first-order valence-electron chi connectivity index (χ1n) is 4.82. The molecule has 1 rings (SSSR count). The highest BCUT2D eigenvalue weighted by atomic mass is 35.5. The molecule has 0 fully saturated rings. The summed E-state index contributed by atoms with van der Waals surface area (Å²) in [6.45, 7) is 7.98. The monoisotopic (exact) mass is 212 g/mol. The number of benzene rings is 1. The normalized spacial score (nSPS) is 13.0. The van der Waals surface area contributed by atoms with Gasteiger partial charge in [0.05, 0.1) is 6.10 Å². The van der Waals surface area contributed by atoms with Crippen LogP contribution in [0.4, 0.5) is 0 Å². The molecule has 0 aromatic heterocycles. The highest BCUT2D eigenvalue weighted by Crippen LogP contribution is 2.26. The van der Waals surface area contributed by atoms with Crippen LogP contribution in [0.3, 0.4) is 0 Å². The third kappa shape index (κ3) is 1.94. The standard InChI is InChI=1S/C12H17ClO/c1-7-8(2)11(6-13)5-12(9(7)3)10(4)14/h5,10,14H,6H2,1-4H3. The molecule has 0 saturated carbocycles. The van der Waals surface area contributed by atoms with Gasteiger partial charge in [-0.1, -0.05) is 6.07 Å². The van der Waals surface area contributed by atoms with Gasteiger partial charge in [-0.05, 0) is 55.5 Å². The molecule has 1 aromatic rings. The SMILES string of the molecule is Cc1c(CCl)cc(C(C)O)c(C)c1C. The fraction of sp³-hybridized carbons (Fsp3) is 0.500. The van der Waals surface area contributed by atoms with Crippen LogP contribution < -0.4 is 0 Å². The largest absolute Gasteiger partial charge is 0.389 e. The first kappa shape index (κ1) is 11.5. The Bertz CT molecular complexity index is 343. The number of halogens is 1. The lowest BCUT2D eigenvalue weighted by molar-refractivity contribution is 0.198. The Morgan fingerprint density at radius 1 is 1.21 bits per heavy atom. The molecule has 0 radical (unpaired) electrons. The minimum absolute atomic E-state index is 0.420. The van der Waals surface area contributed by atoms with Gasteiger partial charge in [0, 0.05) is 5.88 Å². The molecule has 78 valence electrons. The summed E-state index contributed by atoms with van der Waals surface area (Å²) in [5.74, 6) is 0.507. The molecule has 0 amide bonds. The second-order valence-corrected chi connectivity index (χ2v) is 4.08. The van der Waals surface area contributed by atoms with Crippen LogP contribution in [0.1, 0.15) is 40.8 Å². The Morgan fingerprint density at radius 3 is 2.21 bits per heavy atom. The molecular weight excluding hydrogens is 196 g/mol. The van der Waals surface area contributed by atoms with Crippen molar-refractivity contribution in [3.05, 3.63) is 33.9 Å². The van der Waals surface area contributed by atoms with Crippen LogP contribution in [0.5, 0.6) is 0 Å². The fourth-order valence-corrected chi connectivity index (χ4v) is 1.99. The zero-order valence-corrected chi connectivity index (χ0v) is 9.94. The van der Waals surface area contributed by atoms with Gasteiger partial charge in [0.15, 0.2) is 0 Å². The summed E-state index contributed by atoms with van der Waals surface area (Å²) >= 11 is 5.85. The van der Waals surface area contributed by atoms with E-state index in [9.17, 15) is 5.11 Å². The van der Waals surface area contributed by atoms with E-state index in [1.54, 1.807) is 6.92 Å². The van der Waals surface area contributed by atoms with Crippen LogP contribution in [0, 0.1) is 20.8 Å². The van der Waals surface area contributed by atoms with E-state index in [0.717, 1.165) is 11.1 Å². The first-order chi connectivity index (χ1) is 6.49. The minimum Gasteiger partial charge on any atom is -0.389 e. The van der Waals surface area contributed by atoms with E-state index < -0.39 is 6.10 Å². The van der Waals surface area contributed by atoms with Gasteiger partial charge < -0.3 is 5.11 Å². The van der Waals surface area contributed by atoms with Crippen LogP contribution in [-0.4, -0.2) is 5.11 Å². The smallest absolute Gasteiger partial charge is 0.0764 e. The average molecular weight is 213 g/mol. The quantitative estimate of drug-likeness (QED) is 0.745. The summed E-state index contributed by atoms with van der Waals surface area (Å²) in [6, 6.07) is 2.01. The van der Waals surface area contributed by atoms with Crippen molar-refractivity contribution in [2.24, 2.45) is 0 Å². The lowest BCUT2D eigenvalue weighted by Gasteiger charge is -2.16. The van der Waals surface area contributed by atoms with Crippen molar-refractivity contribution in [2.75, 3.05) is 0 Å². The summed E-state index contributed by atoms with van der Waals surface area (Å²) < 4.78 is 0. The van der Waals surface area contributed by atoms with E-state index in [-0.39, 0.29) is 0 Å². The summed E-state index contributed by atoms with van der Waals surface area (Å²) in [7, 11) is 0. The predicted octanol–water partition coefficient (Wildman–Crippen LogP) is 3.40. The second kappa shape index (κ2) is 4.33. The molecular formula is C12H17ClO. The van der Waals surface area contributed by atoms with Crippen LogP contribution in [0.15, 0.2) is 6.07 Å². The topological polar surface area (TPSA) is 20.2 Å². The van der Waals surface area contributed by atoms with Gasteiger partial charge in [-0.15, -0.1) is 11.6 Å². The lowest BCUT2D eigenvalue weighted by Crippen LogP contribution is -2.02. The van der Waals surface area contributed by atoms with Crippen molar-refractivity contribution >= 4 is 11.6 Å². The second-order valence-electron chi connectivity index (χ2n) is 3.81. The van der Waals surface area contributed by atoms with Crippen LogP contribution in [-0.2, 0) is 5.88 Å². The van der Waals surface area contributed by atoms with Gasteiger partial charge in [-0.25, -0.2) is 0 Å². The van der Waals surface area contributed by atoms with E-state index >= 15 is 0 Å². The Labute approximate surface area is 90.7 Å². The minimum atomic E-state index is -0.420. The number of hydrogen-bond donors (Lipinski definition) is 1. The molecule has 0 spiro atoms. The lowest BCUT2D eigenvalue weighted by atomic mass is 9.92. The molecule has 0 heterocycles. The number of aliphatic hydroxyl groups is 1. The molecule has 2 heteroatoms. The maximum Gasteiger partial charge on any atom is 0.0764 e. The van der Waals surface area contributed by atoms with Crippen molar-refractivity contribution < 1.29 is 5.11 Å². The number of hydrogen-bond acceptors (Lipinski definition) is 1. The number of rotatable bonds is 2. The van der Waals surface area contributed by atoms with Gasteiger partial charge in [0.25, 0.3) is 0 Å². The van der Waals surface area contributed by atoms with Gasteiger partial charge in [0.1, 0.15) is 0 Å². The molecule has 0 bridgehead atoms. The van der Waals surface area contributed by atoms with Gasteiger partial charge >= 0.3 is 0 Å². The molecule has 1 nitrogen and oxygen atoms in total. The van der Waals surface area contributed by atoms with Gasteiger partial charge in [-0.2, -0.15) is 0 Å². The fourth-order valence-electron chi connectivity index (χ4n) is 1.72. The highest BCUT2D eigenvalue weighted by molar-refractivity contribution is 6.17. The Morgan fingerprint density at radius 2 is 1.79 bits per heavy atom. The van der Waals surface area contributed by atoms with Crippen LogP contribution in [0.25, 0.3) is 0 Å². The summed E-state index contributed by atoms with van der Waals surface area (Å²) in [5.41, 5.74) is 5.75. The van der Waals surface area contributed by atoms with E-state index in [4.69, 9.17) is 11.6 Å². The van der Waals surface area contributed by atoms with E-state index in [1.807, 2.05) is 13.0 Å². The maximum atomic E-state index is 9.60. The maximum absolute atomic E-state index is 9.60. The molecule has 0 aliphatic rings. The van der Waals surface area contributed by atoms with Crippen LogP contribution >= 0.6 is 11.6 Å². The third-order valence-electron chi connectivity index (χ3n) is 2.96. The molecule has 1 N–H and O–H groups in total. The Kier molecular flexibility index (Phi) is 3.57. The van der Waals surface area contributed by atoms with E-state index in [1.165, 1.54) is 16.7 Å². The molecule has 0 aliphatic heterocycles. The predicted molar refractivity (Wildman–Crippen MR) is 60.8 cm³/mol. The molecule has 1 aromatic carbocycles. The molecule has 0 aliphatic carbocycles. The van der Waals surface area contributed by atoms with Crippen molar-refractivity contribution in [3.8, 4) is 0 Å². The number of alkyl halides is 1. The van der Waals surface area contributed by atoms with Crippen LogP contribution in [0.2, 0.25) is 0 Å². The zero-order chi connectivity index (χ0) is 10.9. The Balaban J connectivity index is 3.40. The van der Waals surface area contributed by atoms with Crippen molar-refractivity contribution in [1.82, 2.24) is 0 Å². The summed E-state index contributed by atoms with van der Waals surface area (Å²) in [4.78, 5) is 0. The molecule has 1 atom stereocenters. The zero-order valence-electron chi connectivity index (χ0n) is 9.19.